The maximum atomic E-state index is 4.27. The van der Waals surface area contributed by atoms with Gasteiger partial charge in [-0.1, -0.05) is 39.0 Å². The number of hydrogen-bond acceptors (Lipinski definition) is 2. The van der Waals surface area contributed by atoms with E-state index in [1.807, 2.05) is 12.4 Å². The largest absolute Gasteiger partial charge is 0.347 e. The van der Waals surface area contributed by atoms with Crippen molar-refractivity contribution in [1.29, 1.82) is 0 Å². The Labute approximate surface area is 105 Å². The Balaban J connectivity index is 2.10. The minimum atomic E-state index is 0.315. The summed E-state index contributed by atoms with van der Waals surface area (Å²) in [4.78, 5) is 7.42. The van der Waals surface area contributed by atoms with Crippen LogP contribution in [0.2, 0.25) is 0 Å². The average Bonchev–Trinajstić information content (AvgIpc) is 2.82. The number of nitrogens with zero attached hydrogens (tertiary/aromatic N) is 1. The lowest BCUT2D eigenvalue weighted by atomic mass is 10.1. The van der Waals surface area contributed by atoms with Gasteiger partial charge in [-0.25, -0.2) is 4.98 Å². The Hall–Kier alpha value is -0.830. The van der Waals surface area contributed by atoms with E-state index in [9.17, 15) is 0 Å². The highest BCUT2D eigenvalue weighted by molar-refractivity contribution is 4.94. The smallest absolute Gasteiger partial charge is 0.122 e. The van der Waals surface area contributed by atoms with Crippen LogP contribution in [0.5, 0.6) is 0 Å². The lowest BCUT2D eigenvalue weighted by Gasteiger charge is -2.18. The van der Waals surface area contributed by atoms with E-state index in [0.717, 1.165) is 5.82 Å². The van der Waals surface area contributed by atoms with Gasteiger partial charge in [-0.2, -0.15) is 0 Å². The van der Waals surface area contributed by atoms with Crippen molar-refractivity contribution < 1.29 is 0 Å². The van der Waals surface area contributed by atoms with Gasteiger partial charge in [-0.05, 0) is 20.3 Å². The first-order valence-electron chi connectivity index (χ1n) is 6.99. The van der Waals surface area contributed by atoms with Gasteiger partial charge >= 0.3 is 0 Å². The van der Waals surface area contributed by atoms with Crippen LogP contribution in [0.4, 0.5) is 0 Å². The van der Waals surface area contributed by atoms with E-state index in [2.05, 4.69) is 36.1 Å². The standard InChI is InChI=1S/C14H27N3/c1-4-5-6-7-8-9-12(2)17-13(3)14-15-10-11-16-14/h10-13,17H,4-9H2,1-3H3,(H,15,16). The Kier molecular flexibility index (Phi) is 6.94. The van der Waals surface area contributed by atoms with Crippen molar-refractivity contribution in [2.75, 3.05) is 0 Å². The third-order valence-electron chi connectivity index (χ3n) is 3.20. The first-order chi connectivity index (χ1) is 8.24. The molecule has 2 unspecified atom stereocenters. The maximum Gasteiger partial charge on any atom is 0.122 e. The van der Waals surface area contributed by atoms with Crippen LogP contribution in [-0.4, -0.2) is 16.0 Å². The van der Waals surface area contributed by atoms with Crippen LogP contribution in [0.3, 0.4) is 0 Å². The predicted octanol–water partition coefficient (Wildman–Crippen LogP) is 3.81. The number of rotatable bonds is 9. The van der Waals surface area contributed by atoms with Gasteiger partial charge in [0.25, 0.3) is 0 Å². The van der Waals surface area contributed by atoms with Crippen LogP contribution in [0.15, 0.2) is 12.4 Å². The Morgan fingerprint density at radius 3 is 2.65 bits per heavy atom. The van der Waals surface area contributed by atoms with E-state index >= 15 is 0 Å². The van der Waals surface area contributed by atoms with Crippen molar-refractivity contribution in [3.8, 4) is 0 Å². The molecule has 0 spiro atoms. The van der Waals surface area contributed by atoms with Crippen LogP contribution in [0.25, 0.3) is 0 Å². The van der Waals surface area contributed by atoms with Gasteiger partial charge in [0.2, 0.25) is 0 Å². The van der Waals surface area contributed by atoms with Gasteiger partial charge in [-0.3, -0.25) is 0 Å². The SMILES string of the molecule is CCCCCCCC(C)NC(C)c1ncc[nH]1. The summed E-state index contributed by atoms with van der Waals surface area (Å²) in [5, 5.41) is 3.58. The number of unbranched alkanes of at least 4 members (excludes halogenated alkanes) is 4. The first kappa shape index (κ1) is 14.2. The molecule has 2 atom stereocenters. The highest BCUT2D eigenvalue weighted by Crippen LogP contribution is 2.11. The van der Waals surface area contributed by atoms with Crippen molar-refractivity contribution >= 4 is 0 Å². The molecular formula is C14H27N3. The lowest BCUT2D eigenvalue weighted by molar-refractivity contribution is 0.427. The third kappa shape index (κ3) is 5.87. The molecule has 0 amide bonds. The molecule has 0 aromatic carbocycles. The van der Waals surface area contributed by atoms with Crippen molar-refractivity contribution in [1.82, 2.24) is 15.3 Å². The van der Waals surface area contributed by atoms with Crippen LogP contribution in [0, 0.1) is 0 Å². The monoisotopic (exact) mass is 237 g/mol. The molecule has 0 fully saturated rings. The van der Waals surface area contributed by atoms with Gasteiger partial charge in [0.05, 0.1) is 6.04 Å². The molecule has 98 valence electrons. The molecule has 2 N–H and O–H groups in total. The molecular weight excluding hydrogens is 210 g/mol. The zero-order chi connectivity index (χ0) is 12.5. The lowest BCUT2D eigenvalue weighted by Crippen LogP contribution is -2.29. The molecule has 1 aromatic heterocycles. The number of H-pyrrole nitrogens is 1. The Morgan fingerprint density at radius 1 is 1.24 bits per heavy atom. The number of aromatic amines is 1. The molecule has 17 heavy (non-hydrogen) atoms. The van der Waals surface area contributed by atoms with E-state index in [1.54, 1.807) is 0 Å². The van der Waals surface area contributed by atoms with E-state index in [1.165, 1.54) is 38.5 Å². The molecule has 0 bridgehead atoms. The van der Waals surface area contributed by atoms with Crippen LogP contribution < -0.4 is 5.32 Å². The van der Waals surface area contributed by atoms with Gasteiger partial charge in [0, 0.05) is 18.4 Å². The minimum Gasteiger partial charge on any atom is -0.347 e. The highest BCUT2D eigenvalue weighted by Gasteiger charge is 2.10. The normalized spacial score (nSPS) is 14.8. The van der Waals surface area contributed by atoms with Crippen LogP contribution in [0.1, 0.15) is 71.2 Å². The molecule has 0 radical (unpaired) electrons. The summed E-state index contributed by atoms with van der Waals surface area (Å²) in [5.41, 5.74) is 0. The molecule has 1 rings (SSSR count). The van der Waals surface area contributed by atoms with E-state index in [0.29, 0.717) is 12.1 Å². The first-order valence-corrected chi connectivity index (χ1v) is 6.99. The summed E-state index contributed by atoms with van der Waals surface area (Å²) in [6, 6.07) is 0.882. The number of hydrogen-bond donors (Lipinski definition) is 2. The predicted molar refractivity (Wildman–Crippen MR) is 73.0 cm³/mol. The summed E-state index contributed by atoms with van der Waals surface area (Å²) < 4.78 is 0. The molecule has 3 heteroatoms. The van der Waals surface area contributed by atoms with Gasteiger partial charge < -0.3 is 10.3 Å². The second-order valence-corrected chi connectivity index (χ2v) is 4.97. The van der Waals surface area contributed by atoms with Crippen LogP contribution in [-0.2, 0) is 0 Å². The summed E-state index contributed by atoms with van der Waals surface area (Å²) in [6.07, 6.45) is 11.7. The fraction of sp³-hybridized carbons (Fsp3) is 0.786. The molecule has 0 saturated heterocycles. The second kappa shape index (κ2) is 8.29. The molecule has 0 aliphatic carbocycles. The van der Waals surface area contributed by atoms with Gasteiger partial charge in [0.1, 0.15) is 5.82 Å². The van der Waals surface area contributed by atoms with Gasteiger partial charge in [-0.15, -0.1) is 0 Å². The fourth-order valence-corrected chi connectivity index (χ4v) is 2.16. The fourth-order valence-electron chi connectivity index (χ4n) is 2.16. The highest BCUT2D eigenvalue weighted by atomic mass is 15.0. The molecule has 0 saturated carbocycles. The van der Waals surface area contributed by atoms with Crippen LogP contribution >= 0.6 is 0 Å². The molecule has 3 nitrogen and oxygen atoms in total. The van der Waals surface area contributed by atoms with Gasteiger partial charge in [0.15, 0.2) is 0 Å². The number of imidazole rings is 1. The van der Waals surface area contributed by atoms with E-state index in [4.69, 9.17) is 0 Å². The zero-order valence-electron chi connectivity index (χ0n) is 11.5. The number of aromatic nitrogens is 2. The van der Waals surface area contributed by atoms with Crippen molar-refractivity contribution in [3.05, 3.63) is 18.2 Å². The summed E-state index contributed by atoms with van der Waals surface area (Å²) in [6.45, 7) is 6.68. The molecule has 1 heterocycles. The Bertz CT molecular complexity index is 269. The average molecular weight is 237 g/mol. The maximum absolute atomic E-state index is 4.27. The van der Waals surface area contributed by atoms with Crippen molar-refractivity contribution in [2.24, 2.45) is 0 Å². The third-order valence-corrected chi connectivity index (χ3v) is 3.20. The van der Waals surface area contributed by atoms with E-state index < -0.39 is 0 Å². The molecule has 0 aliphatic heterocycles. The zero-order valence-corrected chi connectivity index (χ0v) is 11.5. The second-order valence-electron chi connectivity index (χ2n) is 4.97. The molecule has 1 aromatic rings. The summed E-state index contributed by atoms with van der Waals surface area (Å²) in [5.74, 6) is 1.03. The Morgan fingerprint density at radius 2 is 2.00 bits per heavy atom. The minimum absolute atomic E-state index is 0.315. The van der Waals surface area contributed by atoms with E-state index in [-0.39, 0.29) is 0 Å². The summed E-state index contributed by atoms with van der Waals surface area (Å²) >= 11 is 0. The molecule has 0 aliphatic rings. The van der Waals surface area contributed by atoms with Crippen molar-refractivity contribution in [3.63, 3.8) is 0 Å². The van der Waals surface area contributed by atoms with Crippen molar-refractivity contribution in [2.45, 2.75) is 71.4 Å². The number of nitrogens with one attached hydrogen (secondary N) is 2. The quantitative estimate of drug-likeness (QED) is 0.641. The summed E-state index contributed by atoms with van der Waals surface area (Å²) in [7, 11) is 0. The topological polar surface area (TPSA) is 40.7 Å².